The normalized spacial score (nSPS) is 11.2. The van der Waals surface area contributed by atoms with Crippen LogP contribution in [0.15, 0.2) is 54.7 Å². The molecule has 28 heavy (non-hydrogen) atoms. The van der Waals surface area contributed by atoms with Gasteiger partial charge in [-0.15, -0.1) is 0 Å². The van der Waals surface area contributed by atoms with Gasteiger partial charge in [0.15, 0.2) is 11.4 Å². The van der Waals surface area contributed by atoms with Crippen molar-refractivity contribution in [1.82, 2.24) is 9.78 Å². The van der Waals surface area contributed by atoms with Crippen LogP contribution in [0.25, 0.3) is 5.69 Å². The molecule has 1 aromatic heterocycles. The third-order valence-corrected chi connectivity index (χ3v) is 4.45. The highest BCUT2D eigenvalue weighted by Gasteiger charge is 2.21. The summed E-state index contributed by atoms with van der Waals surface area (Å²) in [6.07, 6.45) is 1.69. The lowest BCUT2D eigenvalue weighted by molar-refractivity contribution is 0.101. The van der Waals surface area contributed by atoms with Gasteiger partial charge in [-0.3, -0.25) is 4.79 Å². The van der Waals surface area contributed by atoms with E-state index < -0.39 is 0 Å². The van der Waals surface area contributed by atoms with E-state index in [1.807, 2.05) is 48.5 Å². The van der Waals surface area contributed by atoms with E-state index in [0.717, 1.165) is 11.3 Å². The number of benzene rings is 2. The number of carbonyl (C=O) groups is 1. The maximum Gasteiger partial charge on any atom is 0.280 e. The number of aromatic nitrogens is 2. The predicted octanol–water partition coefficient (Wildman–Crippen LogP) is 4.44. The Hall–Kier alpha value is -3.28. The zero-order valence-electron chi connectivity index (χ0n) is 16.8. The molecule has 0 aliphatic rings. The van der Waals surface area contributed by atoms with Crippen molar-refractivity contribution in [1.29, 1.82) is 0 Å². The summed E-state index contributed by atoms with van der Waals surface area (Å²) in [5.41, 5.74) is 2.67. The summed E-state index contributed by atoms with van der Waals surface area (Å²) in [6, 6.07) is 15.3. The minimum atomic E-state index is -0.365. The molecule has 1 N–H and O–H groups in total. The van der Waals surface area contributed by atoms with Crippen LogP contribution in [0.5, 0.6) is 11.5 Å². The topological polar surface area (TPSA) is 65.4 Å². The Balaban J connectivity index is 1.94. The molecule has 0 spiro atoms. The Morgan fingerprint density at radius 1 is 1.00 bits per heavy atom. The predicted molar refractivity (Wildman–Crippen MR) is 110 cm³/mol. The fourth-order valence-corrected chi connectivity index (χ4v) is 2.83. The highest BCUT2D eigenvalue weighted by Crippen LogP contribution is 2.32. The maximum atomic E-state index is 12.9. The van der Waals surface area contributed by atoms with Gasteiger partial charge >= 0.3 is 0 Å². The van der Waals surface area contributed by atoms with E-state index in [1.165, 1.54) is 7.11 Å². The van der Waals surface area contributed by atoms with Crippen molar-refractivity contribution in [3.63, 3.8) is 0 Å². The number of para-hydroxylation sites is 1. The van der Waals surface area contributed by atoms with Gasteiger partial charge in [-0.2, -0.15) is 5.10 Å². The Kier molecular flexibility index (Phi) is 5.40. The van der Waals surface area contributed by atoms with E-state index in [1.54, 1.807) is 18.0 Å². The smallest absolute Gasteiger partial charge is 0.280 e. The van der Waals surface area contributed by atoms with Gasteiger partial charge in [0.1, 0.15) is 5.75 Å². The summed E-state index contributed by atoms with van der Waals surface area (Å²) in [5.74, 6) is 0.617. The Labute approximate surface area is 165 Å². The van der Waals surface area contributed by atoms with Crippen LogP contribution in [0.3, 0.4) is 0 Å². The van der Waals surface area contributed by atoms with Crippen molar-refractivity contribution < 1.29 is 14.3 Å². The van der Waals surface area contributed by atoms with Gasteiger partial charge in [-0.05, 0) is 35.2 Å². The van der Waals surface area contributed by atoms with Crippen LogP contribution in [0.1, 0.15) is 36.8 Å². The number of hydrogen-bond donors (Lipinski definition) is 1. The second kappa shape index (κ2) is 7.76. The van der Waals surface area contributed by atoms with Crippen molar-refractivity contribution in [2.45, 2.75) is 26.2 Å². The highest BCUT2D eigenvalue weighted by atomic mass is 16.5. The summed E-state index contributed by atoms with van der Waals surface area (Å²) in [4.78, 5) is 12.9. The van der Waals surface area contributed by atoms with Gasteiger partial charge in [0.05, 0.1) is 31.8 Å². The van der Waals surface area contributed by atoms with Crippen LogP contribution in [0.2, 0.25) is 0 Å². The zero-order chi connectivity index (χ0) is 20.3. The van der Waals surface area contributed by atoms with E-state index in [0.29, 0.717) is 17.2 Å². The molecule has 6 nitrogen and oxygen atoms in total. The number of anilines is 1. The summed E-state index contributed by atoms with van der Waals surface area (Å²) >= 11 is 0. The van der Waals surface area contributed by atoms with Gasteiger partial charge in [0.25, 0.3) is 5.91 Å². The van der Waals surface area contributed by atoms with E-state index in [-0.39, 0.29) is 17.0 Å². The standard InChI is InChI=1S/C22H25N3O3/c1-22(2,3)15-11-12-18(27-4)17(13-15)23-21(26)20-19(28-5)14-25(24-20)16-9-7-6-8-10-16/h6-14H,1-5H3,(H,23,26). The largest absolute Gasteiger partial charge is 0.495 e. The summed E-state index contributed by atoms with van der Waals surface area (Å²) in [6.45, 7) is 6.35. The first kappa shape index (κ1) is 19.5. The number of nitrogens with zero attached hydrogens (tertiary/aromatic N) is 2. The molecular weight excluding hydrogens is 354 g/mol. The average molecular weight is 379 g/mol. The molecule has 0 fully saturated rings. The van der Waals surface area contributed by atoms with Crippen LogP contribution in [-0.2, 0) is 5.41 Å². The van der Waals surface area contributed by atoms with Crippen molar-refractivity contribution >= 4 is 11.6 Å². The van der Waals surface area contributed by atoms with Crippen LogP contribution < -0.4 is 14.8 Å². The van der Waals surface area contributed by atoms with Gasteiger partial charge < -0.3 is 14.8 Å². The van der Waals surface area contributed by atoms with E-state index in [4.69, 9.17) is 9.47 Å². The van der Waals surface area contributed by atoms with Crippen LogP contribution >= 0.6 is 0 Å². The molecule has 1 heterocycles. The minimum absolute atomic E-state index is 0.0572. The second-order valence-corrected chi connectivity index (χ2v) is 7.45. The third kappa shape index (κ3) is 4.01. The molecule has 146 valence electrons. The first-order chi connectivity index (χ1) is 13.3. The number of rotatable bonds is 5. The summed E-state index contributed by atoms with van der Waals surface area (Å²) in [7, 11) is 3.09. The lowest BCUT2D eigenvalue weighted by atomic mass is 9.87. The lowest BCUT2D eigenvalue weighted by Gasteiger charge is -2.21. The Bertz CT molecular complexity index is 972. The molecule has 0 saturated heterocycles. The van der Waals surface area contributed by atoms with Crippen LogP contribution in [0.4, 0.5) is 5.69 Å². The quantitative estimate of drug-likeness (QED) is 0.712. The second-order valence-electron chi connectivity index (χ2n) is 7.45. The molecule has 0 aliphatic heterocycles. The first-order valence-electron chi connectivity index (χ1n) is 9.02. The molecule has 6 heteroatoms. The average Bonchev–Trinajstić information content (AvgIpc) is 3.12. The maximum absolute atomic E-state index is 12.9. The molecule has 0 unspecified atom stereocenters. The minimum Gasteiger partial charge on any atom is -0.495 e. The van der Waals surface area contributed by atoms with Crippen molar-refractivity contribution in [3.8, 4) is 17.2 Å². The van der Waals surface area contributed by atoms with Crippen LogP contribution in [-0.4, -0.2) is 29.9 Å². The van der Waals surface area contributed by atoms with Crippen LogP contribution in [0, 0.1) is 0 Å². The van der Waals surface area contributed by atoms with Gasteiger partial charge in [-0.25, -0.2) is 4.68 Å². The van der Waals surface area contributed by atoms with Crippen molar-refractivity contribution in [2.75, 3.05) is 19.5 Å². The number of amides is 1. The van der Waals surface area contributed by atoms with Gasteiger partial charge in [0.2, 0.25) is 0 Å². The van der Waals surface area contributed by atoms with E-state index in [2.05, 4.69) is 31.2 Å². The molecule has 0 saturated carbocycles. The molecular formula is C22H25N3O3. The van der Waals surface area contributed by atoms with Gasteiger partial charge in [0, 0.05) is 0 Å². The molecule has 1 amide bonds. The number of ether oxygens (including phenoxy) is 2. The molecule has 3 rings (SSSR count). The van der Waals surface area contributed by atoms with E-state index in [9.17, 15) is 4.79 Å². The number of carbonyl (C=O) groups excluding carboxylic acids is 1. The zero-order valence-corrected chi connectivity index (χ0v) is 16.8. The summed E-state index contributed by atoms with van der Waals surface area (Å²) < 4.78 is 12.4. The number of methoxy groups -OCH3 is 2. The SMILES string of the molecule is COc1ccc(C(C)(C)C)cc1NC(=O)c1nn(-c2ccccc2)cc1OC. The lowest BCUT2D eigenvalue weighted by Crippen LogP contribution is -2.16. The molecule has 0 radical (unpaired) electrons. The highest BCUT2D eigenvalue weighted by molar-refractivity contribution is 6.05. The monoisotopic (exact) mass is 379 g/mol. The number of nitrogens with one attached hydrogen (secondary N) is 1. The van der Waals surface area contributed by atoms with Crippen molar-refractivity contribution in [2.24, 2.45) is 0 Å². The molecule has 0 atom stereocenters. The van der Waals surface area contributed by atoms with Gasteiger partial charge in [-0.1, -0.05) is 45.0 Å². The summed E-state index contributed by atoms with van der Waals surface area (Å²) in [5, 5.41) is 7.32. The molecule has 3 aromatic rings. The van der Waals surface area contributed by atoms with E-state index >= 15 is 0 Å². The fourth-order valence-electron chi connectivity index (χ4n) is 2.83. The molecule has 0 aliphatic carbocycles. The Morgan fingerprint density at radius 2 is 1.68 bits per heavy atom. The number of hydrogen-bond acceptors (Lipinski definition) is 4. The third-order valence-electron chi connectivity index (χ3n) is 4.45. The Morgan fingerprint density at radius 3 is 2.29 bits per heavy atom. The molecule has 0 bridgehead atoms. The van der Waals surface area contributed by atoms with Crippen molar-refractivity contribution in [3.05, 3.63) is 66.0 Å². The molecule has 2 aromatic carbocycles. The first-order valence-corrected chi connectivity index (χ1v) is 9.02. The fraction of sp³-hybridized carbons (Fsp3) is 0.273.